The fraction of sp³-hybridized carbons (Fsp3) is 0.348. The van der Waals surface area contributed by atoms with Gasteiger partial charge in [-0.2, -0.15) is 0 Å². The van der Waals surface area contributed by atoms with Crippen molar-refractivity contribution in [3.05, 3.63) is 71.5 Å². The predicted molar refractivity (Wildman–Crippen MR) is 120 cm³/mol. The van der Waals surface area contributed by atoms with E-state index in [0.29, 0.717) is 6.54 Å². The summed E-state index contributed by atoms with van der Waals surface area (Å²) < 4.78 is 8.10. The van der Waals surface area contributed by atoms with E-state index in [4.69, 9.17) is 4.74 Å². The largest absolute Gasteiger partial charge is 0.482 e. The Kier molecular flexibility index (Phi) is 7.52. The van der Waals surface area contributed by atoms with Crippen LogP contribution < -0.4 is 10.1 Å². The van der Waals surface area contributed by atoms with E-state index in [1.165, 1.54) is 11.8 Å². The van der Waals surface area contributed by atoms with Crippen LogP contribution in [0, 0.1) is 6.92 Å². The average Bonchev–Trinajstić information content (AvgIpc) is 3.17. The summed E-state index contributed by atoms with van der Waals surface area (Å²) in [5.41, 5.74) is 2.16. The maximum absolute atomic E-state index is 12.4. The zero-order chi connectivity index (χ0) is 21.5. The van der Waals surface area contributed by atoms with Gasteiger partial charge in [0.1, 0.15) is 5.75 Å². The maximum atomic E-state index is 12.4. The third kappa shape index (κ3) is 5.42. The zero-order valence-electron chi connectivity index (χ0n) is 17.8. The number of hydrogen-bond donors (Lipinski definition) is 1. The van der Waals surface area contributed by atoms with Gasteiger partial charge < -0.3 is 14.6 Å². The van der Waals surface area contributed by atoms with Gasteiger partial charge in [0.2, 0.25) is 5.91 Å². The average molecular weight is 425 g/mol. The first-order valence-corrected chi connectivity index (χ1v) is 11.1. The summed E-state index contributed by atoms with van der Waals surface area (Å²) in [6.45, 7) is 8.70. The number of aromatic nitrogens is 3. The Bertz CT molecular complexity index is 974. The van der Waals surface area contributed by atoms with E-state index in [2.05, 4.69) is 15.5 Å². The highest BCUT2D eigenvalue weighted by atomic mass is 32.2. The highest BCUT2D eigenvalue weighted by Gasteiger charge is 2.20. The molecular formula is C23H28N4O2S. The van der Waals surface area contributed by atoms with Crippen molar-refractivity contribution in [1.82, 2.24) is 20.1 Å². The Labute approximate surface area is 182 Å². The number of ether oxygens (including phenoxy) is 1. The predicted octanol–water partition coefficient (Wildman–Crippen LogP) is 4.72. The Morgan fingerprint density at radius 1 is 1.10 bits per heavy atom. The van der Waals surface area contributed by atoms with Gasteiger partial charge in [-0.05, 0) is 44.9 Å². The van der Waals surface area contributed by atoms with Crippen molar-refractivity contribution in [2.75, 3.05) is 5.75 Å². The molecule has 3 aromatic rings. The summed E-state index contributed by atoms with van der Waals surface area (Å²) in [6, 6.07) is 17.8. The lowest BCUT2D eigenvalue weighted by atomic mass is 10.1. The van der Waals surface area contributed by atoms with Crippen LogP contribution in [0.15, 0.2) is 59.8 Å². The third-order valence-electron chi connectivity index (χ3n) is 4.83. The summed E-state index contributed by atoms with van der Waals surface area (Å²) in [7, 11) is 0. The van der Waals surface area contributed by atoms with Crippen LogP contribution in [0.5, 0.6) is 5.75 Å². The summed E-state index contributed by atoms with van der Waals surface area (Å²) in [4.78, 5) is 12.4. The van der Waals surface area contributed by atoms with Crippen LogP contribution in [0.3, 0.4) is 0 Å². The van der Waals surface area contributed by atoms with E-state index < -0.39 is 0 Å². The topological polar surface area (TPSA) is 69.0 Å². The molecule has 7 heteroatoms. The van der Waals surface area contributed by atoms with Crippen LogP contribution >= 0.6 is 11.8 Å². The number of para-hydroxylation sites is 1. The third-order valence-corrected chi connectivity index (χ3v) is 5.80. The summed E-state index contributed by atoms with van der Waals surface area (Å²) >= 11 is 1.39. The normalized spacial score (nSPS) is 12.9. The second-order valence-electron chi connectivity index (χ2n) is 7.10. The lowest BCUT2D eigenvalue weighted by molar-refractivity contribution is -0.119. The number of benzene rings is 2. The highest BCUT2D eigenvalue weighted by Crippen LogP contribution is 2.26. The molecule has 2 aromatic carbocycles. The molecule has 0 aliphatic carbocycles. The first-order valence-electron chi connectivity index (χ1n) is 10.1. The molecule has 1 heterocycles. The number of nitrogens with zero attached hydrogens (tertiary/aromatic N) is 3. The molecule has 0 fully saturated rings. The Morgan fingerprint density at radius 2 is 1.80 bits per heavy atom. The van der Waals surface area contributed by atoms with E-state index in [1.54, 1.807) is 0 Å². The minimum atomic E-state index is -0.250. The van der Waals surface area contributed by atoms with Crippen molar-refractivity contribution >= 4 is 17.7 Å². The van der Waals surface area contributed by atoms with Gasteiger partial charge in [0.05, 0.1) is 11.8 Å². The van der Waals surface area contributed by atoms with Crippen LogP contribution in [0.4, 0.5) is 0 Å². The van der Waals surface area contributed by atoms with Crippen molar-refractivity contribution in [1.29, 1.82) is 0 Å². The summed E-state index contributed by atoms with van der Waals surface area (Å²) in [5, 5.41) is 12.4. The fourth-order valence-corrected chi connectivity index (χ4v) is 4.00. The van der Waals surface area contributed by atoms with Crippen LogP contribution in [0.2, 0.25) is 0 Å². The first kappa shape index (κ1) is 21.9. The van der Waals surface area contributed by atoms with Gasteiger partial charge in [0, 0.05) is 6.54 Å². The van der Waals surface area contributed by atoms with E-state index >= 15 is 0 Å². The van der Waals surface area contributed by atoms with Crippen molar-refractivity contribution < 1.29 is 9.53 Å². The molecule has 3 rings (SSSR count). The molecular weight excluding hydrogens is 396 g/mol. The number of carbonyl (C=O) groups is 1. The fourth-order valence-electron chi connectivity index (χ4n) is 3.17. The molecule has 1 amide bonds. The van der Waals surface area contributed by atoms with Gasteiger partial charge in [-0.3, -0.25) is 4.79 Å². The smallest absolute Gasteiger partial charge is 0.230 e. The van der Waals surface area contributed by atoms with E-state index in [9.17, 15) is 4.79 Å². The lowest BCUT2D eigenvalue weighted by Gasteiger charge is -2.17. The second kappa shape index (κ2) is 10.3. The van der Waals surface area contributed by atoms with Crippen LogP contribution in [-0.4, -0.2) is 26.4 Å². The Balaban J connectivity index is 1.61. The highest BCUT2D eigenvalue weighted by molar-refractivity contribution is 7.99. The van der Waals surface area contributed by atoms with Crippen LogP contribution in [0.25, 0.3) is 0 Å². The molecule has 2 atom stereocenters. The lowest BCUT2D eigenvalue weighted by Crippen LogP contribution is -2.28. The van der Waals surface area contributed by atoms with Gasteiger partial charge in [-0.25, -0.2) is 0 Å². The minimum Gasteiger partial charge on any atom is -0.482 e. The van der Waals surface area contributed by atoms with Crippen molar-refractivity contribution in [3.8, 4) is 5.75 Å². The molecule has 0 bridgehead atoms. The van der Waals surface area contributed by atoms with Gasteiger partial charge in [0.25, 0.3) is 0 Å². The van der Waals surface area contributed by atoms with Gasteiger partial charge >= 0.3 is 0 Å². The second-order valence-corrected chi connectivity index (χ2v) is 8.04. The SMILES string of the molecule is CCn1c(SCC(=O)NC(C)c2ccccc2)nnc1C(C)Oc1ccccc1C. The van der Waals surface area contributed by atoms with E-state index in [1.807, 2.05) is 86.9 Å². The number of nitrogens with one attached hydrogen (secondary N) is 1. The Morgan fingerprint density at radius 3 is 2.50 bits per heavy atom. The van der Waals surface area contributed by atoms with Gasteiger partial charge in [-0.1, -0.05) is 60.3 Å². The number of aryl methyl sites for hydroxylation is 1. The maximum Gasteiger partial charge on any atom is 0.230 e. The van der Waals surface area contributed by atoms with Crippen LogP contribution in [-0.2, 0) is 11.3 Å². The molecule has 30 heavy (non-hydrogen) atoms. The number of rotatable bonds is 9. The molecule has 0 saturated carbocycles. The van der Waals surface area contributed by atoms with E-state index in [0.717, 1.165) is 27.9 Å². The molecule has 0 aliphatic rings. The van der Waals surface area contributed by atoms with Crippen LogP contribution in [0.1, 0.15) is 49.9 Å². The molecule has 0 saturated heterocycles. The number of amides is 1. The van der Waals surface area contributed by atoms with Crippen molar-refractivity contribution in [3.63, 3.8) is 0 Å². The monoisotopic (exact) mass is 424 g/mol. The molecule has 0 aliphatic heterocycles. The molecule has 1 N–H and O–H groups in total. The first-order chi connectivity index (χ1) is 14.5. The van der Waals surface area contributed by atoms with Gasteiger partial charge in [-0.15, -0.1) is 10.2 Å². The van der Waals surface area contributed by atoms with E-state index in [-0.39, 0.29) is 23.8 Å². The minimum absolute atomic E-state index is 0.0345. The summed E-state index contributed by atoms with van der Waals surface area (Å²) in [6.07, 6.45) is -0.250. The number of hydrogen-bond acceptors (Lipinski definition) is 5. The summed E-state index contributed by atoms with van der Waals surface area (Å²) in [5.74, 6) is 1.83. The molecule has 1 aromatic heterocycles. The molecule has 0 spiro atoms. The van der Waals surface area contributed by atoms with Crippen molar-refractivity contribution in [2.45, 2.75) is 51.5 Å². The number of thioether (sulfide) groups is 1. The van der Waals surface area contributed by atoms with Crippen molar-refractivity contribution in [2.24, 2.45) is 0 Å². The van der Waals surface area contributed by atoms with Gasteiger partial charge in [0.15, 0.2) is 17.1 Å². The zero-order valence-corrected chi connectivity index (χ0v) is 18.6. The molecule has 158 valence electrons. The molecule has 0 radical (unpaired) electrons. The Hall–Kier alpha value is -2.80. The molecule has 6 nitrogen and oxygen atoms in total. The standard InChI is InChI=1S/C23H28N4O2S/c1-5-27-22(18(4)29-20-14-10-9-11-16(20)2)25-26-23(27)30-15-21(28)24-17(3)19-12-7-6-8-13-19/h6-14,17-18H,5,15H2,1-4H3,(H,24,28). The number of carbonyl (C=O) groups excluding carboxylic acids is 1. The molecule has 2 unspecified atom stereocenters. The quantitative estimate of drug-likeness (QED) is 0.504.